The summed E-state index contributed by atoms with van der Waals surface area (Å²) in [5, 5.41) is 7.34. The molecule has 0 bridgehead atoms. The highest BCUT2D eigenvalue weighted by Crippen LogP contribution is 2.46. The quantitative estimate of drug-likeness (QED) is 0.816. The minimum absolute atomic E-state index is 0.0450. The number of aromatic amines is 1. The Kier molecular flexibility index (Phi) is 2.69. The summed E-state index contributed by atoms with van der Waals surface area (Å²) >= 11 is 0. The number of hydrogen-bond donors (Lipinski definition) is 1. The molecule has 1 aliphatic carbocycles. The van der Waals surface area contributed by atoms with Gasteiger partial charge in [-0.05, 0) is 25.7 Å². The van der Waals surface area contributed by atoms with Crippen molar-refractivity contribution in [1.82, 2.24) is 20.0 Å². The second-order valence-corrected chi connectivity index (χ2v) is 6.94. The molecule has 23 heavy (non-hydrogen) atoms. The van der Waals surface area contributed by atoms with Gasteiger partial charge in [0, 0.05) is 30.8 Å². The molecule has 0 saturated carbocycles. The zero-order chi connectivity index (χ0) is 15.6. The van der Waals surface area contributed by atoms with Gasteiger partial charge in [-0.2, -0.15) is 5.10 Å². The third kappa shape index (κ3) is 1.66. The van der Waals surface area contributed by atoms with Crippen LogP contribution in [0.1, 0.15) is 47.4 Å². The molecular formula is C16H20N4O3. The number of ether oxygens (including phenoxy) is 1. The smallest absolute Gasteiger partial charge is 0.275 e. The summed E-state index contributed by atoms with van der Waals surface area (Å²) in [5.74, 6) is 0.0606. The molecule has 4 aliphatic rings. The lowest BCUT2D eigenvalue weighted by Gasteiger charge is -2.31. The molecule has 5 rings (SSSR count). The summed E-state index contributed by atoms with van der Waals surface area (Å²) in [6.45, 7) is 1.85. The van der Waals surface area contributed by atoms with Gasteiger partial charge in [0.2, 0.25) is 5.91 Å². The van der Waals surface area contributed by atoms with Crippen molar-refractivity contribution in [2.45, 2.75) is 50.3 Å². The first kappa shape index (κ1) is 13.5. The van der Waals surface area contributed by atoms with E-state index in [2.05, 4.69) is 10.2 Å². The standard InChI is InChI=1S/C16H20N4O3/c21-13-9-12-16(20(13)7-8-23-16)5-6-19(12)15(22)14-10-3-1-2-4-11(10)17-18-14/h12H,1-9H2,(H,17,18)/t12-,16+/m1/s1. The fourth-order valence-electron chi connectivity index (χ4n) is 4.83. The van der Waals surface area contributed by atoms with Crippen LogP contribution in [0.2, 0.25) is 0 Å². The molecule has 4 heterocycles. The first-order valence-electron chi connectivity index (χ1n) is 8.52. The van der Waals surface area contributed by atoms with Crippen molar-refractivity contribution in [3.8, 4) is 0 Å². The van der Waals surface area contributed by atoms with E-state index in [-0.39, 0.29) is 17.9 Å². The minimum atomic E-state index is -0.566. The van der Waals surface area contributed by atoms with Crippen LogP contribution in [0, 0.1) is 0 Å². The Hall–Kier alpha value is -1.89. The minimum Gasteiger partial charge on any atom is -0.351 e. The fourth-order valence-corrected chi connectivity index (χ4v) is 4.83. The van der Waals surface area contributed by atoms with Gasteiger partial charge < -0.3 is 14.5 Å². The Morgan fingerprint density at radius 2 is 2.17 bits per heavy atom. The number of likely N-dealkylation sites (tertiary alicyclic amines) is 1. The van der Waals surface area contributed by atoms with Crippen LogP contribution >= 0.6 is 0 Å². The van der Waals surface area contributed by atoms with Gasteiger partial charge in [0.05, 0.1) is 19.1 Å². The number of hydrogen-bond acceptors (Lipinski definition) is 4. The highest BCUT2D eigenvalue weighted by molar-refractivity contribution is 5.95. The summed E-state index contributed by atoms with van der Waals surface area (Å²) in [5.41, 5.74) is 2.18. The van der Waals surface area contributed by atoms with Gasteiger partial charge in [0.15, 0.2) is 11.4 Å². The Balaban J connectivity index is 1.48. The van der Waals surface area contributed by atoms with Crippen LogP contribution in [0.5, 0.6) is 0 Å². The van der Waals surface area contributed by atoms with Crippen molar-refractivity contribution in [3.63, 3.8) is 0 Å². The summed E-state index contributed by atoms with van der Waals surface area (Å²) < 4.78 is 5.95. The van der Waals surface area contributed by atoms with E-state index in [0.29, 0.717) is 38.2 Å². The molecule has 1 aromatic heterocycles. The first-order chi connectivity index (χ1) is 11.2. The van der Waals surface area contributed by atoms with E-state index in [1.807, 2.05) is 9.80 Å². The maximum atomic E-state index is 13.1. The SMILES string of the molecule is O=C(c1n[nH]c2c1CCCC2)N1CC[C@@]23OCCN2C(=O)C[C@@H]13. The van der Waals surface area contributed by atoms with Crippen LogP contribution < -0.4 is 0 Å². The molecule has 7 heteroatoms. The van der Waals surface area contributed by atoms with Gasteiger partial charge in [-0.3, -0.25) is 14.7 Å². The molecule has 1 N–H and O–H groups in total. The monoisotopic (exact) mass is 316 g/mol. The molecule has 7 nitrogen and oxygen atoms in total. The highest BCUT2D eigenvalue weighted by atomic mass is 16.5. The van der Waals surface area contributed by atoms with E-state index in [9.17, 15) is 9.59 Å². The average Bonchev–Trinajstić information content (AvgIpc) is 3.28. The molecule has 3 aliphatic heterocycles. The number of amides is 2. The second-order valence-electron chi connectivity index (χ2n) is 6.94. The van der Waals surface area contributed by atoms with E-state index in [1.165, 1.54) is 0 Å². The predicted molar refractivity (Wildman–Crippen MR) is 79.7 cm³/mol. The summed E-state index contributed by atoms with van der Waals surface area (Å²) in [6.07, 6.45) is 5.22. The molecular weight excluding hydrogens is 296 g/mol. The molecule has 2 amide bonds. The van der Waals surface area contributed by atoms with Crippen LogP contribution in [-0.4, -0.2) is 63.3 Å². The molecule has 3 fully saturated rings. The van der Waals surface area contributed by atoms with Crippen molar-refractivity contribution in [2.24, 2.45) is 0 Å². The maximum absolute atomic E-state index is 13.1. The van der Waals surface area contributed by atoms with Crippen LogP contribution in [-0.2, 0) is 22.4 Å². The highest BCUT2D eigenvalue weighted by Gasteiger charge is 2.63. The molecule has 1 aromatic rings. The average molecular weight is 316 g/mol. The summed E-state index contributed by atoms with van der Waals surface area (Å²) in [7, 11) is 0. The van der Waals surface area contributed by atoms with Gasteiger partial charge in [0.25, 0.3) is 5.91 Å². The normalized spacial score (nSPS) is 32.2. The molecule has 2 atom stereocenters. The van der Waals surface area contributed by atoms with Crippen molar-refractivity contribution in [3.05, 3.63) is 17.0 Å². The van der Waals surface area contributed by atoms with Crippen molar-refractivity contribution in [2.75, 3.05) is 19.7 Å². The third-order valence-corrected chi connectivity index (χ3v) is 5.92. The van der Waals surface area contributed by atoms with Crippen LogP contribution in [0.4, 0.5) is 0 Å². The van der Waals surface area contributed by atoms with Gasteiger partial charge in [0.1, 0.15) is 0 Å². The van der Waals surface area contributed by atoms with E-state index in [4.69, 9.17) is 4.74 Å². The van der Waals surface area contributed by atoms with E-state index < -0.39 is 5.72 Å². The van der Waals surface area contributed by atoms with Crippen molar-refractivity contribution in [1.29, 1.82) is 0 Å². The molecule has 1 spiro atoms. The van der Waals surface area contributed by atoms with Crippen LogP contribution in [0.3, 0.4) is 0 Å². The Morgan fingerprint density at radius 3 is 3.09 bits per heavy atom. The number of carbonyl (C=O) groups excluding carboxylic acids is 2. The van der Waals surface area contributed by atoms with E-state index in [1.54, 1.807) is 0 Å². The zero-order valence-corrected chi connectivity index (χ0v) is 13.0. The molecule has 0 radical (unpaired) electrons. The zero-order valence-electron chi connectivity index (χ0n) is 13.0. The number of nitrogens with one attached hydrogen (secondary N) is 1. The number of aromatic nitrogens is 2. The maximum Gasteiger partial charge on any atom is 0.275 e. The number of H-pyrrole nitrogens is 1. The third-order valence-electron chi connectivity index (χ3n) is 5.92. The topological polar surface area (TPSA) is 78.5 Å². The number of carbonyl (C=O) groups is 2. The van der Waals surface area contributed by atoms with Gasteiger partial charge in [-0.15, -0.1) is 0 Å². The molecule has 0 aromatic carbocycles. The van der Waals surface area contributed by atoms with Crippen molar-refractivity contribution < 1.29 is 14.3 Å². The Morgan fingerprint density at radius 1 is 1.30 bits per heavy atom. The van der Waals surface area contributed by atoms with Gasteiger partial charge in [-0.1, -0.05) is 0 Å². The predicted octanol–water partition coefficient (Wildman–Crippen LogP) is 0.462. The van der Waals surface area contributed by atoms with Crippen molar-refractivity contribution >= 4 is 11.8 Å². The number of fused-ring (bicyclic) bond motifs is 1. The lowest BCUT2D eigenvalue weighted by atomic mass is 9.95. The molecule has 0 unspecified atom stereocenters. The van der Waals surface area contributed by atoms with Crippen LogP contribution in [0.25, 0.3) is 0 Å². The summed E-state index contributed by atoms with van der Waals surface area (Å²) in [4.78, 5) is 29.0. The molecule has 3 saturated heterocycles. The number of nitrogens with zero attached hydrogens (tertiary/aromatic N) is 3. The van der Waals surface area contributed by atoms with Crippen LogP contribution in [0.15, 0.2) is 0 Å². The number of aryl methyl sites for hydroxylation is 1. The van der Waals surface area contributed by atoms with Gasteiger partial charge in [-0.25, -0.2) is 0 Å². The first-order valence-corrected chi connectivity index (χ1v) is 8.52. The lowest BCUT2D eigenvalue weighted by molar-refractivity contribution is -0.136. The number of rotatable bonds is 1. The summed E-state index contributed by atoms with van der Waals surface area (Å²) in [6, 6.07) is -0.166. The van der Waals surface area contributed by atoms with E-state index in [0.717, 1.165) is 36.9 Å². The second kappa shape index (κ2) is 4.56. The molecule has 122 valence electrons. The lowest BCUT2D eigenvalue weighted by Crippen LogP contribution is -2.48. The fraction of sp³-hybridized carbons (Fsp3) is 0.688. The Bertz CT molecular complexity index is 699. The van der Waals surface area contributed by atoms with Gasteiger partial charge >= 0.3 is 0 Å². The Labute approximate surface area is 134 Å². The van der Waals surface area contributed by atoms with E-state index >= 15 is 0 Å². The largest absolute Gasteiger partial charge is 0.351 e.